The van der Waals surface area contributed by atoms with E-state index in [1.165, 1.54) is 12.1 Å². The van der Waals surface area contributed by atoms with Gasteiger partial charge in [-0.15, -0.1) is 0 Å². The lowest BCUT2D eigenvalue weighted by Crippen LogP contribution is -2.41. The van der Waals surface area contributed by atoms with E-state index in [9.17, 15) is 0 Å². The second kappa shape index (κ2) is 3.64. The molecule has 0 amide bonds. The van der Waals surface area contributed by atoms with Gasteiger partial charge in [0.25, 0.3) is 0 Å². The van der Waals surface area contributed by atoms with Crippen LogP contribution in [-0.2, 0) is 15.7 Å². The van der Waals surface area contributed by atoms with E-state index < -0.39 is 31.5 Å². The Bertz CT molecular complexity index is 519. The van der Waals surface area contributed by atoms with Gasteiger partial charge in [-0.3, -0.25) is 0 Å². The summed E-state index contributed by atoms with van der Waals surface area (Å²) in [5, 5.41) is 0. The molecule has 3 nitrogen and oxygen atoms in total. The highest BCUT2D eigenvalue weighted by molar-refractivity contribution is 6.60. The smallest absolute Gasteiger partial charge is 0.470 e. The summed E-state index contributed by atoms with van der Waals surface area (Å²) in [6.07, 6.45) is -2.56. The lowest BCUT2D eigenvalue weighted by molar-refractivity contribution is 0.00578. The molecule has 4 heteroatoms. The molecule has 0 unspecified atom stereocenters. The molecule has 1 aliphatic rings. The predicted octanol–water partition coefficient (Wildman–Crippen LogP) is 2.14. The molecule has 1 saturated heterocycles. The quantitative estimate of drug-likeness (QED) is 0.725. The average Bonchev–Trinajstić information content (AvgIpc) is 2.81. The van der Waals surface area contributed by atoms with Gasteiger partial charge < -0.3 is 13.7 Å². The second-order valence-electron chi connectivity index (χ2n) is 4.92. The fourth-order valence-electron chi connectivity index (χ4n) is 1.51. The van der Waals surface area contributed by atoms with Gasteiger partial charge in [-0.25, -0.2) is 0 Å². The molecule has 0 saturated carbocycles. The first-order valence-electron chi connectivity index (χ1n) is 7.74. The van der Waals surface area contributed by atoms with Crippen LogP contribution < -0.4 is 5.66 Å². The Morgan fingerprint density at radius 2 is 1.88 bits per heavy atom. The van der Waals surface area contributed by atoms with Crippen LogP contribution in [0.3, 0.4) is 0 Å². The van der Waals surface area contributed by atoms with Crippen molar-refractivity contribution in [1.29, 1.82) is 0 Å². The first kappa shape index (κ1) is 6.87. The van der Waals surface area contributed by atoms with Crippen molar-refractivity contribution in [3.63, 3.8) is 0 Å². The molecule has 1 aromatic rings. The van der Waals surface area contributed by atoms with E-state index in [2.05, 4.69) is 0 Å². The summed E-state index contributed by atoms with van der Waals surface area (Å²) in [5.41, 5.74) is -0.835. The molecule has 1 aliphatic heterocycles. The summed E-state index contributed by atoms with van der Waals surface area (Å²) in [6.45, 7) is 4.74. The van der Waals surface area contributed by atoms with Crippen LogP contribution in [0.15, 0.2) is 16.5 Å². The normalized spacial score (nSPS) is 29.0. The zero-order chi connectivity index (χ0) is 16.3. The zero-order valence-electron chi connectivity index (χ0n) is 15.0. The van der Waals surface area contributed by atoms with Crippen LogP contribution in [0.5, 0.6) is 0 Å². The van der Waals surface area contributed by atoms with Crippen molar-refractivity contribution in [2.75, 3.05) is 0 Å². The molecule has 16 heavy (non-hydrogen) atoms. The van der Waals surface area contributed by atoms with Gasteiger partial charge in [0.05, 0.1) is 11.2 Å². The molecule has 0 bridgehead atoms. The first-order chi connectivity index (χ1) is 9.28. The molecule has 0 spiro atoms. The highest BCUT2D eigenvalue weighted by Crippen LogP contribution is 2.36. The maximum atomic E-state index is 7.69. The van der Waals surface area contributed by atoms with Crippen molar-refractivity contribution in [2.24, 2.45) is 0 Å². The van der Waals surface area contributed by atoms with Crippen molar-refractivity contribution < 1.29 is 20.6 Å². The predicted molar refractivity (Wildman–Crippen MR) is 63.8 cm³/mol. The SMILES string of the molecule is [2H]C([2H])([2H])C([2H])([2H])c1ccc(B2OC(C)(C)C(C)(C)O2)o1. The van der Waals surface area contributed by atoms with E-state index in [1.54, 1.807) is 0 Å². The highest BCUT2D eigenvalue weighted by atomic mass is 16.7. The molecular formula is C12H19BO3. The summed E-state index contributed by atoms with van der Waals surface area (Å²) in [5.74, 6) is -0.257. The van der Waals surface area contributed by atoms with Gasteiger partial charge >= 0.3 is 7.12 Å². The Balaban J connectivity index is 2.27. The molecule has 2 heterocycles. The Morgan fingerprint density at radius 1 is 1.25 bits per heavy atom. The van der Waals surface area contributed by atoms with Crippen LogP contribution in [-0.4, -0.2) is 18.3 Å². The number of rotatable bonds is 2. The number of furan rings is 1. The molecule has 0 aromatic carbocycles. The zero-order valence-corrected chi connectivity index (χ0v) is 9.96. The average molecular weight is 227 g/mol. The largest absolute Gasteiger partial charge is 0.532 e. The molecule has 1 fully saturated rings. The van der Waals surface area contributed by atoms with Crippen molar-refractivity contribution in [3.8, 4) is 0 Å². The Morgan fingerprint density at radius 3 is 2.44 bits per heavy atom. The Kier molecular flexibility index (Phi) is 1.56. The third-order valence-corrected chi connectivity index (χ3v) is 3.24. The van der Waals surface area contributed by atoms with E-state index in [0.29, 0.717) is 0 Å². The van der Waals surface area contributed by atoms with Crippen LogP contribution in [0, 0.1) is 0 Å². The summed E-state index contributed by atoms with van der Waals surface area (Å²) in [7, 11) is -0.781. The minimum Gasteiger partial charge on any atom is -0.470 e. The number of hydrogen-bond donors (Lipinski definition) is 0. The Hall–Kier alpha value is -0.735. The van der Waals surface area contributed by atoms with Crippen molar-refractivity contribution in [2.45, 2.75) is 52.1 Å². The molecule has 0 radical (unpaired) electrons. The van der Waals surface area contributed by atoms with Gasteiger partial charge in [0.1, 0.15) is 11.4 Å². The van der Waals surface area contributed by atoms with E-state index >= 15 is 0 Å². The fourth-order valence-corrected chi connectivity index (χ4v) is 1.51. The topological polar surface area (TPSA) is 31.6 Å². The fraction of sp³-hybridized carbons (Fsp3) is 0.667. The van der Waals surface area contributed by atoms with Crippen molar-refractivity contribution in [1.82, 2.24) is 0 Å². The highest BCUT2D eigenvalue weighted by Gasteiger charge is 2.53. The van der Waals surface area contributed by atoms with Gasteiger partial charge in [0, 0.05) is 13.2 Å². The van der Waals surface area contributed by atoms with Gasteiger partial charge in [-0.1, -0.05) is 6.85 Å². The maximum absolute atomic E-state index is 7.69. The van der Waals surface area contributed by atoms with Crippen LogP contribution >= 0.6 is 0 Å². The van der Waals surface area contributed by atoms with Crippen LogP contribution in [0.2, 0.25) is 0 Å². The molecule has 2 rings (SSSR count). The summed E-state index contributed by atoms with van der Waals surface area (Å²) >= 11 is 0. The van der Waals surface area contributed by atoms with Crippen LogP contribution in [0.4, 0.5) is 0 Å². The Labute approximate surface area is 104 Å². The monoisotopic (exact) mass is 227 g/mol. The lowest BCUT2D eigenvalue weighted by Gasteiger charge is -2.32. The molecular weight excluding hydrogens is 203 g/mol. The second-order valence-corrected chi connectivity index (χ2v) is 4.92. The minimum absolute atomic E-state index is 0.257. The van der Waals surface area contributed by atoms with Gasteiger partial charge in [0.15, 0.2) is 0 Å². The maximum Gasteiger partial charge on any atom is 0.532 e. The van der Waals surface area contributed by atoms with Crippen molar-refractivity contribution in [3.05, 3.63) is 17.9 Å². The van der Waals surface area contributed by atoms with Crippen LogP contribution in [0.25, 0.3) is 0 Å². The minimum atomic E-state index is -2.81. The van der Waals surface area contributed by atoms with E-state index in [-0.39, 0.29) is 11.4 Å². The summed E-state index contributed by atoms with van der Waals surface area (Å²) < 4.78 is 54.1. The summed E-state index contributed by atoms with van der Waals surface area (Å²) in [6, 6.07) is 2.80. The van der Waals surface area contributed by atoms with E-state index in [1.807, 2.05) is 27.7 Å². The lowest BCUT2D eigenvalue weighted by atomic mass is 9.86. The number of aryl methyl sites for hydroxylation is 1. The van der Waals surface area contributed by atoms with E-state index in [4.69, 9.17) is 20.6 Å². The van der Waals surface area contributed by atoms with Gasteiger partial charge in [0.2, 0.25) is 0 Å². The van der Waals surface area contributed by atoms with Gasteiger partial charge in [-0.05, 0) is 39.8 Å². The molecule has 1 aromatic heterocycles. The molecule has 0 atom stereocenters. The third kappa shape index (κ3) is 1.80. The molecule has 88 valence electrons. The standard InChI is InChI=1S/C12H19BO3/c1-6-9-7-8-10(14-9)13-15-11(2,3)12(4,5)16-13/h7-8H,6H2,1-5H3/i1D3,6D2. The van der Waals surface area contributed by atoms with E-state index in [0.717, 1.165) is 0 Å². The third-order valence-electron chi connectivity index (χ3n) is 3.24. The van der Waals surface area contributed by atoms with Gasteiger partial charge in [-0.2, -0.15) is 0 Å². The van der Waals surface area contributed by atoms with Crippen LogP contribution in [0.1, 0.15) is 47.2 Å². The first-order valence-corrected chi connectivity index (χ1v) is 5.24. The molecule has 0 N–H and O–H groups in total. The number of hydrogen-bond acceptors (Lipinski definition) is 3. The molecule has 0 aliphatic carbocycles. The van der Waals surface area contributed by atoms with Crippen molar-refractivity contribution >= 4 is 12.8 Å². The summed E-state index contributed by atoms with van der Waals surface area (Å²) in [4.78, 5) is 0.